The zero-order chi connectivity index (χ0) is 9.97. The molecular formula is C12H14N2. The Bertz CT molecular complexity index is 372. The molecular weight excluding hydrogens is 172 g/mol. The topological polar surface area (TPSA) is 24.7 Å². The molecule has 2 heteroatoms. The van der Waals surface area contributed by atoms with E-state index >= 15 is 0 Å². The molecule has 72 valence electrons. The third kappa shape index (κ3) is 1.74. The van der Waals surface area contributed by atoms with Crippen LogP contribution in [0, 0.1) is 0 Å². The van der Waals surface area contributed by atoms with Gasteiger partial charge in [0.1, 0.15) is 6.34 Å². The summed E-state index contributed by atoms with van der Waals surface area (Å²) in [5, 5.41) is 0. The Morgan fingerprint density at radius 1 is 1.14 bits per heavy atom. The number of aliphatic imine (C=N–C) groups is 2. The summed E-state index contributed by atoms with van der Waals surface area (Å²) < 4.78 is 0. The highest BCUT2D eigenvalue weighted by Crippen LogP contribution is 2.15. The van der Waals surface area contributed by atoms with Crippen molar-refractivity contribution in [2.45, 2.75) is 19.8 Å². The highest BCUT2D eigenvalue weighted by molar-refractivity contribution is 6.08. The first-order chi connectivity index (χ1) is 6.77. The Hall–Kier alpha value is -1.44. The van der Waals surface area contributed by atoms with Gasteiger partial charge in [-0.2, -0.15) is 0 Å². The minimum Gasteiger partial charge on any atom is -0.267 e. The average molecular weight is 186 g/mol. The third-order valence-corrected chi connectivity index (χ3v) is 2.45. The first-order valence-electron chi connectivity index (χ1n) is 4.92. The predicted octanol–water partition coefficient (Wildman–Crippen LogP) is 2.64. The molecule has 0 amide bonds. The van der Waals surface area contributed by atoms with Crippen molar-refractivity contribution < 1.29 is 0 Å². The molecule has 1 aromatic carbocycles. The van der Waals surface area contributed by atoms with E-state index in [1.54, 1.807) is 6.34 Å². The Balaban J connectivity index is 2.22. The van der Waals surface area contributed by atoms with Crippen LogP contribution in [0.1, 0.15) is 30.9 Å². The second-order valence-corrected chi connectivity index (χ2v) is 3.81. The Kier molecular flexibility index (Phi) is 2.44. The van der Waals surface area contributed by atoms with Crippen LogP contribution in [0.2, 0.25) is 0 Å². The second-order valence-electron chi connectivity index (χ2n) is 3.81. The molecule has 0 aliphatic carbocycles. The summed E-state index contributed by atoms with van der Waals surface area (Å²) in [7, 11) is 0. The molecule has 0 spiro atoms. The highest BCUT2D eigenvalue weighted by Gasteiger charge is 2.06. The molecule has 0 saturated carbocycles. The van der Waals surface area contributed by atoms with Crippen molar-refractivity contribution in [2.24, 2.45) is 9.98 Å². The summed E-state index contributed by atoms with van der Waals surface area (Å²) in [5.41, 5.74) is 3.63. The van der Waals surface area contributed by atoms with Crippen LogP contribution in [0.5, 0.6) is 0 Å². The van der Waals surface area contributed by atoms with Crippen molar-refractivity contribution in [1.29, 1.82) is 0 Å². The van der Waals surface area contributed by atoms with Gasteiger partial charge in [0.25, 0.3) is 0 Å². The number of nitrogens with zero attached hydrogens (tertiary/aromatic N) is 2. The first-order valence-corrected chi connectivity index (χ1v) is 4.92. The van der Waals surface area contributed by atoms with E-state index in [0.29, 0.717) is 5.92 Å². The van der Waals surface area contributed by atoms with Gasteiger partial charge in [0.2, 0.25) is 0 Å². The largest absolute Gasteiger partial charge is 0.267 e. The maximum absolute atomic E-state index is 4.21. The normalized spacial score (nSPS) is 14.9. The standard InChI is InChI=1S/C12H14N2/c1-9(2)10-3-5-11(6-4-10)12-7-13-8-14-12/h3-6,8-9H,7H2,1-2H3. The first kappa shape index (κ1) is 9.13. The van der Waals surface area contributed by atoms with Gasteiger partial charge in [0, 0.05) is 0 Å². The lowest BCUT2D eigenvalue weighted by atomic mass is 10.0. The minimum absolute atomic E-state index is 0.589. The predicted molar refractivity (Wildman–Crippen MR) is 60.4 cm³/mol. The molecule has 0 aromatic heterocycles. The molecule has 0 bridgehead atoms. The van der Waals surface area contributed by atoms with Crippen LogP contribution < -0.4 is 0 Å². The van der Waals surface area contributed by atoms with E-state index in [9.17, 15) is 0 Å². The SMILES string of the molecule is CC(C)c1ccc(C2=NC=NC2)cc1. The van der Waals surface area contributed by atoms with Crippen LogP contribution >= 0.6 is 0 Å². The van der Waals surface area contributed by atoms with Crippen LogP contribution in [-0.4, -0.2) is 18.6 Å². The lowest BCUT2D eigenvalue weighted by molar-refractivity contribution is 0.866. The van der Waals surface area contributed by atoms with Gasteiger partial charge >= 0.3 is 0 Å². The van der Waals surface area contributed by atoms with Crippen molar-refractivity contribution in [2.75, 3.05) is 6.54 Å². The summed E-state index contributed by atoms with van der Waals surface area (Å²) >= 11 is 0. The summed E-state index contributed by atoms with van der Waals surface area (Å²) in [6, 6.07) is 8.59. The van der Waals surface area contributed by atoms with Gasteiger partial charge in [0.15, 0.2) is 0 Å². The fraction of sp³-hybridized carbons (Fsp3) is 0.333. The maximum atomic E-state index is 4.21. The van der Waals surface area contributed by atoms with Gasteiger partial charge in [-0.3, -0.25) is 4.99 Å². The van der Waals surface area contributed by atoms with E-state index in [-0.39, 0.29) is 0 Å². The smallest absolute Gasteiger partial charge is 0.110 e. The molecule has 1 aromatic rings. The molecule has 1 aliphatic rings. The van der Waals surface area contributed by atoms with Crippen LogP contribution in [0.3, 0.4) is 0 Å². The molecule has 0 atom stereocenters. The maximum Gasteiger partial charge on any atom is 0.110 e. The average Bonchev–Trinajstić information content (AvgIpc) is 2.71. The van der Waals surface area contributed by atoms with Crippen molar-refractivity contribution in [3.05, 3.63) is 35.4 Å². The number of rotatable bonds is 2. The molecule has 2 rings (SSSR count). The Morgan fingerprint density at radius 2 is 1.86 bits per heavy atom. The molecule has 1 aliphatic heterocycles. The zero-order valence-corrected chi connectivity index (χ0v) is 8.57. The monoisotopic (exact) mass is 186 g/mol. The molecule has 0 fully saturated rings. The van der Waals surface area contributed by atoms with E-state index in [0.717, 1.165) is 12.3 Å². The van der Waals surface area contributed by atoms with E-state index in [1.807, 2.05) is 0 Å². The fourth-order valence-corrected chi connectivity index (χ4v) is 1.50. The lowest BCUT2D eigenvalue weighted by Crippen LogP contribution is -2.01. The van der Waals surface area contributed by atoms with Crippen molar-refractivity contribution in [3.63, 3.8) is 0 Å². The minimum atomic E-state index is 0.589. The summed E-state index contributed by atoms with van der Waals surface area (Å²) in [6.45, 7) is 5.12. The fourth-order valence-electron chi connectivity index (χ4n) is 1.50. The Labute approximate surface area is 84.4 Å². The van der Waals surface area contributed by atoms with Crippen LogP contribution in [-0.2, 0) is 0 Å². The highest BCUT2D eigenvalue weighted by atomic mass is 14.9. The van der Waals surface area contributed by atoms with Gasteiger partial charge in [-0.25, -0.2) is 4.99 Å². The summed E-state index contributed by atoms with van der Waals surface area (Å²) in [5.74, 6) is 0.589. The van der Waals surface area contributed by atoms with Crippen molar-refractivity contribution in [1.82, 2.24) is 0 Å². The van der Waals surface area contributed by atoms with Crippen LogP contribution in [0.4, 0.5) is 0 Å². The van der Waals surface area contributed by atoms with E-state index in [1.165, 1.54) is 11.1 Å². The zero-order valence-electron chi connectivity index (χ0n) is 8.57. The lowest BCUT2D eigenvalue weighted by Gasteiger charge is -2.06. The van der Waals surface area contributed by atoms with E-state index < -0.39 is 0 Å². The van der Waals surface area contributed by atoms with Gasteiger partial charge in [-0.15, -0.1) is 0 Å². The van der Waals surface area contributed by atoms with Gasteiger partial charge in [-0.05, 0) is 17.0 Å². The van der Waals surface area contributed by atoms with Gasteiger partial charge < -0.3 is 0 Å². The van der Waals surface area contributed by atoms with Crippen LogP contribution in [0.25, 0.3) is 0 Å². The van der Waals surface area contributed by atoms with Gasteiger partial charge in [0.05, 0.1) is 12.3 Å². The second kappa shape index (κ2) is 3.74. The number of hydrogen-bond acceptors (Lipinski definition) is 2. The van der Waals surface area contributed by atoms with E-state index in [4.69, 9.17) is 0 Å². The van der Waals surface area contributed by atoms with Gasteiger partial charge in [-0.1, -0.05) is 38.1 Å². The quantitative estimate of drug-likeness (QED) is 0.678. The molecule has 14 heavy (non-hydrogen) atoms. The molecule has 0 unspecified atom stereocenters. The Morgan fingerprint density at radius 3 is 2.36 bits per heavy atom. The van der Waals surface area contributed by atoms with Crippen molar-refractivity contribution >= 4 is 12.1 Å². The number of benzene rings is 1. The van der Waals surface area contributed by atoms with Crippen molar-refractivity contribution in [3.8, 4) is 0 Å². The third-order valence-electron chi connectivity index (χ3n) is 2.45. The number of hydrogen-bond donors (Lipinski definition) is 0. The molecule has 2 nitrogen and oxygen atoms in total. The van der Waals surface area contributed by atoms with E-state index in [2.05, 4.69) is 48.1 Å². The molecule has 1 heterocycles. The molecule has 0 saturated heterocycles. The summed E-state index contributed by atoms with van der Waals surface area (Å²) in [4.78, 5) is 8.28. The molecule has 0 N–H and O–H groups in total. The molecule has 0 radical (unpaired) electrons. The van der Waals surface area contributed by atoms with Crippen LogP contribution in [0.15, 0.2) is 34.3 Å². The summed E-state index contributed by atoms with van der Waals surface area (Å²) in [6.07, 6.45) is 1.63.